The Balaban J connectivity index is 2.28. The Morgan fingerprint density at radius 2 is 1.81 bits per heavy atom. The number of ether oxygens (including phenoxy) is 1. The number of benzene rings is 1. The number of rotatable bonds is 7. The largest absolute Gasteiger partial charge is 0.357 e. The zero-order chi connectivity index (χ0) is 11.8. The first-order valence-electron chi connectivity index (χ1n) is 5.80. The Bertz CT molecular complexity index is 275. The highest BCUT2D eigenvalue weighted by Gasteiger charge is 2.07. The van der Waals surface area contributed by atoms with Crippen molar-refractivity contribution in [2.75, 3.05) is 26.2 Å². The fraction of sp³-hybridized carbons (Fsp3) is 0.538. The molecule has 0 aliphatic rings. The van der Waals surface area contributed by atoms with Crippen LogP contribution in [0.4, 0.5) is 0 Å². The molecule has 0 aliphatic heterocycles. The van der Waals surface area contributed by atoms with Crippen molar-refractivity contribution in [2.24, 2.45) is 0 Å². The molecule has 0 saturated carbocycles. The van der Waals surface area contributed by atoms with Gasteiger partial charge in [0, 0.05) is 6.54 Å². The van der Waals surface area contributed by atoms with E-state index in [4.69, 9.17) is 16.3 Å². The molecule has 1 aromatic carbocycles. The third-order valence-electron chi connectivity index (χ3n) is 2.63. The molecule has 0 heterocycles. The smallest absolute Gasteiger partial charge is 0.156 e. The van der Waals surface area contributed by atoms with E-state index in [9.17, 15) is 0 Å². The van der Waals surface area contributed by atoms with E-state index >= 15 is 0 Å². The molecule has 0 aromatic heterocycles. The maximum atomic E-state index is 6.14. The molecule has 2 nitrogen and oxygen atoms in total. The summed E-state index contributed by atoms with van der Waals surface area (Å²) in [6.07, 6.45) is 0. The van der Waals surface area contributed by atoms with Crippen molar-refractivity contribution in [1.82, 2.24) is 4.90 Å². The van der Waals surface area contributed by atoms with Crippen molar-refractivity contribution in [3.8, 4) is 0 Å². The summed E-state index contributed by atoms with van der Waals surface area (Å²) in [4.78, 5) is 2.31. The molecule has 3 heteroatoms. The van der Waals surface area contributed by atoms with Gasteiger partial charge in [0.15, 0.2) is 5.56 Å². The minimum atomic E-state index is -0.336. The second-order valence-corrected chi connectivity index (χ2v) is 4.02. The number of nitrogens with zero attached hydrogens (tertiary/aromatic N) is 1. The van der Waals surface area contributed by atoms with Gasteiger partial charge in [0.2, 0.25) is 0 Å². The molecule has 0 spiro atoms. The van der Waals surface area contributed by atoms with Gasteiger partial charge in [0.1, 0.15) is 0 Å². The van der Waals surface area contributed by atoms with E-state index in [2.05, 4.69) is 18.7 Å². The monoisotopic (exact) mass is 241 g/mol. The Morgan fingerprint density at radius 3 is 2.38 bits per heavy atom. The van der Waals surface area contributed by atoms with Gasteiger partial charge in [-0.15, -0.1) is 0 Å². The summed E-state index contributed by atoms with van der Waals surface area (Å²) >= 11 is 6.14. The van der Waals surface area contributed by atoms with Gasteiger partial charge in [-0.1, -0.05) is 55.8 Å². The van der Waals surface area contributed by atoms with E-state index in [1.807, 2.05) is 30.3 Å². The number of alkyl halides is 1. The van der Waals surface area contributed by atoms with Crippen LogP contribution in [0.15, 0.2) is 30.3 Å². The van der Waals surface area contributed by atoms with Crippen LogP contribution in [0.5, 0.6) is 0 Å². The first-order valence-corrected chi connectivity index (χ1v) is 6.24. The van der Waals surface area contributed by atoms with Gasteiger partial charge in [-0.25, -0.2) is 0 Å². The Kier molecular flexibility index (Phi) is 6.46. The molecule has 1 atom stereocenters. The Hall–Kier alpha value is -0.570. The third kappa shape index (κ3) is 4.52. The predicted molar refractivity (Wildman–Crippen MR) is 68.8 cm³/mol. The minimum Gasteiger partial charge on any atom is -0.357 e. The summed E-state index contributed by atoms with van der Waals surface area (Å²) in [6, 6.07) is 9.88. The summed E-state index contributed by atoms with van der Waals surface area (Å²) < 4.78 is 5.59. The lowest BCUT2D eigenvalue weighted by atomic mass is 10.2. The second-order valence-electron chi connectivity index (χ2n) is 3.62. The molecule has 0 N–H and O–H groups in total. The van der Waals surface area contributed by atoms with E-state index < -0.39 is 0 Å². The predicted octanol–water partition coefficient (Wildman–Crippen LogP) is 3.28. The van der Waals surface area contributed by atoms with E-state index in [1.54, 1.807) is 0 Å². The van der Waals surface area contributed by atoms with Crippen molar-refractivity contribution in [3.05, 3.63) is 35.9 Å². The van der Waals surface area contributed by atoms with Crippen LogP contribution in [0, 0.1) is 0 Å². The van der Waals surface area contributed by atoms with Crippen LogP contribution in [0.25, 0.3) is 0 Å². The topological polar surface area (TPSA) is 12.5 Å². The molecule has 0 fully saturated rings. The van der Waals surface area contributed by atoms with Gasteiger partial charge in [-0.3, -0.25) is 0 Å². The molecule has 0 radical (unpaired) electrons. The standard InChI is InChI=1S/C13H20ClNO/c1-3-15(4-2)10-11-16-13(14)12-8-6-5-7-9-12/h5-9,13H,3-4,10-11H2,1-2H3. The molecule has 90 valence electrons. The molecule has 0 aliphatic carbocycles. The van der Waals surface area contributed by atoms with Crippen molar-refractivity contribution >= 4 is 11.6 Å². The fourth-order valence-corrected chi connectivity index (χ4v) is 1.76. The molecule has 0 saturated heterocycles. The van der Waals surface area contributed by atoms with Gasteiger partial charge >= 0.3 is 0 Å². The molecule has 1 rings (SSSR count). The first-order chi connectivity index (χ1) is 7.77. The Labute approximate surface area is 103 Å². The number of hydrogen-bond acceptors (Lipinski definition) is 2. The summed E-state index contributed by atoms with van der Waals surface area (Å²) in [5.74, 6) is 0. The zero-order valence-corrected chi connectivity index (χ0v) is 10.8. The molecule has 0 bridgehead atoms. The SMILES string of the molecule is CCN(CC)CCOC(Cl)c1ccccc1. The number of likely N-dealkylation sites (N-methyl/N-ethyl adjacent to an activating group) is 1. The van der Waals surface area contributed by atoms with Crippen LogP contribution in [-0.4, -0.2) is 31.1 Å². The van der Waals surface area contributed by atoms with Gasteiger partial charge in [-0.05, 0) is 18.7 Å². The van der Waals surface area contributed by atoms with Crippen LogP contribution in [0.1, 0.15) is 25.0 Å². The van der Waals surface area contributed by atoms with Gasteiger partial charge in [0.25, 0.3) is 0 Å². The van der Waals surface area contributed by atoms with Crippen LogP contribution >= 0.6 is 11.6 Å². The highest BCUT2D eigenvalue weighted by Crippen LogP contribution is 2.20. The minimum absolute atomic E-state index is 0.336. The average Bonchev–Trinajstić information content (AvgIpc) is 2.35. The van der Waals surface area contributed by atoms with E-state index in [-0.39, 0.29) is 5.56 Å². The first kappa shape index (κ1) is 13.5. The van der Waals surface area contributed by atoms with Crippen molar-refractivity contribution in [1.29, 1.82) is 0 Å². The number of hydrogen-bond donors (Lipinski definition) is 0. The van der Waals surface area contributed by atoms with Crippen molar-refractivity contribution < 1.29 is 4.74 Å². The van der Waals surface area contributed by atoms with Crippen LogP contribution in [0.3, 0.4) is 0 Å². The van der Waals surface area contributed by atoms with Crippen LogP contribution < -0.4 is 0 Å². The average molecular weight is 242 g/mol. The van der Waals surface area contributed by atoms with E-state index in [0.717, 1.165) is 25.2 Å². The second kappa shape index (κ2) is 7.66. The van der Waals surface area contributed by atoms with E-state index in [0.29, 0.717) is 6.61 Å². The van der Waals surface area contributed by atoms with Crippen molar-refractivity contribution in [3.63, 3.8) is 0 Å². The van der Waals surface area contributed by atoms with Crippen LogP contribution in [0.2, 0.25) is 0 Å². The molecular weight excluding hydrogens is 222 g/mol. The molecule has 16 heavy (non-hydrogen) atoms. The Morgan fingerprint density at radius 1 is 1.19 bits per heavy atom. The third-order valence-corrected chi connectivity index (χ3v) is 3.01. The van der Waals surface area contributed by atoms with Gasteiger partial charge in [-0.2, -0.15) is 0 Å². The summed E-state index contributed by atoms with van der Waals surface area (Å²) in [5.41, 5.74) is 0.681. The summed E-state index contributed by atoms with van der Waals surface area (Å²) in [6.45, 7) is 8.02. The molecule has 0 amide bonds. The van der Waals surface area contributed by atoms with Crippen LogP contribution in [-0.2, 0) is 4.74 Å². The maximum absolute atomic E-state index is 6.14. The lowest BCUT2D eigenvalue weighted by Gasteiger charge is -2.19. The normalized spacial score (nSPS) is 13.0. The number of halogens is 1. The van der Waals surface area contributed by atoms with Gasteiger partial charge < -0.3 is 9.64 Å². The van der Waals surface area contributed by atoms with Gasteiger partial charge in [0.05, 0.1) is 6.61 Å². The summed E-state index contributed by atoms with van der Waals surface area (Å²) in [7, 11) is 0. The molecule has 1 unspecified atom stereocenters. The van der Waals surface area contributed by atoms with Crippen molar-refractivity contribution in [2.45, 2.75) is 19.4 Å². The maximum Gasteiger partial charge on any atom is 0.156 e. The lowest BCUT2D eigenvalue weighted by Crippen LogP contribution is -2.27. The highest BCUT2D eigenvalue weighted by atomic mass is 35.5. The zero-order valence-electron chi connectivity index (χ0n) is 10.0. The highest BCUT2D eigenvalue weighted by molar-refractivity contribution is 6.19. The molecular formula is C13H20ClNO. The summed E-state index contributed by atoms with van der Waals surface area (Å²) in [5, 5.41) is 0. The van der Waals surface area contributed by atoms with E-state index in [1.165, 1.54) is 0 Å². The molecule has 1 aromatic rings. The quantitative estimate of drug-likeness (QED) is 0.680. The lowest BCUT2D eigenvalue weighted by molar-refractivity contribution is 0.0852. The fourth-order valence-electron chi connectivity index (χ4n) is 1.53.